The highest BCUT2D eigenvalue weighted by Gasteiger charge is 2.19. The Morgan fingerprint density at radius 1 is 1.19 bits per heavy atom. The van der Waals surface area contributed by atoms with E-state index >= 15 is 0 Å². The van der Waals surface area contributed by atoms with E-state index in [1.165, 1.54) is 25.7 Å². The average Bonchev–Trinajstić information content (AvgIpc) is 2.60. The number of nitrogens with zero attached hydrogens (tertiary/aromatic N) is 1. The Balaban J connectivity index is 2.05. The van der Waals surface area contributed by atoms with Crippen LogP contribution in [-0.4, -0.2) is 23.9 Å². The zero-order valence-electron chi connectivity index (χ0n) is 11.2. The first-order chi connectivity index (χ1) is 7.59. The van der Waals surface area contributed by atoms with Crippen molar-refractivity contribution in [2.75, 3.05) is 13.1 Å². The number of rotatable bonds is 7. The largest absolute Gasteiger partial charge is 0.343 e. The van der Waals surface area contributed by atoms with Gasteiger partial charge in [-0.3, -0.25) is 4.79 Å². The number of hydrogen-bond acceptors (Lipinski definition) is 1. The summed E-state index contributed by atoms with van der Waals surface area (Å²) in [5.41, 5.74) is 0. The Bertz CT molecular complexity index is 213. The summed E-state index contributed by atoms with van der Waals surface area (Å²) in [7, 11) is 0. The van der Waals surface area contributed by atoms with Gasteiger partial charge in [0.1, 0.15) is 0 Å². The van der Waals surface area contributed by atoms with Crippen LogP contribution >= 0.6 is 0 Å². The average molecular weight is 225 g/mol. The Kier molecular flexibility index (Phi) is 5.86. The van der Waals surface area contributed by atoms with Crippen molar-refractivity contribution >= 4 is 5.91 Å². The smallest absolute Gasteiger partial charge is 0.222 e. The van der Waals surface area contributed by atoms with Gasteiger partial charge in [-0.25, -0.2) is 0 Å². The minimum Gasteiger partial charge on any atom is -0.343 e. The van der Waals surface area contributed by atoms with Crippen LogP contribution in [0.15, 0.2) is 0 Å². The topological polar surface area (TPSA) is 20.3 Å². The molecule has 1 fully saturated rings. The minimum absolute atomic E-state index is 0.370. The minimum atomic E-state index is 0.370. The van der Waals surface area contributed by atoms with Crippen molar-refractivity contribution < 1.29 is 4.79 Å². The molecule has 16 heavy (non-hydrogen) atoms. The van der Waals surface area contributed by atoms with E-state index in [1.54, 1.807) is 0 Å². The fraction of sp³-hybridized carbons (Fsp3) is 0.929. The summed E-state index contributed by atoms with van der Waals surface area (Å²) in [6.07, 6.45) is 7.03. The Morgan fingerprint density at radius 3 is 2.50 bits per heavy atom. The van der Waals surface area contributed by atoms with Gasteiger partial charge < -0.3 is 4.90 Å². The van der Waals surface area contributed by atoms with Crippen molar-refractivity contribution in [2.24, 2.45) is 11.8 Å². The molecule has 1 unspecified atom stereocenters. The quantitative estimate of drug-likeness (QED) is 0.650. The molecule has 94 valence electrons. The Hall–Kier alpha value is -0.530. The lowest BCUT2D eigenvalue weighted by atomic mass is 9.97. The Labute approximate surface area is 100 Å². The fourth-order valence-corrected chi connectivity index (χ4v) is 2.34. The molecule has 1 heterocycles. The predicted molar refractivity (Wildman–Crippen MR) is 68.3 cm³/mol. The van der Waals surface area contributed by atoms with Crippen molar-refractivity contribution in [3.63, 3.8) is 0 Å². The lowest BCUT2D eigenvalue weighted by Crippen LogP contribution is -2.26. The summed E-state index contributed by atoms with van der Waals surface area (Å²) < 4.78 is 0. The van der Waals surface area contributed by atoms with Crippen molar-refractivity contribution in [3.8, 4) is 0 Å². The van der Waals surface area contributed by atoms with Crippen LogP contribution in [0.5, 0.6) is 0 Å². The van der Waals surface area contributed by atoms with Crippen LogP contribution in [0.1, 0.15) is 59.3 Å². The molecule has 1 saturated heterocycles. The maximum absolute atomic E-state index is 11.4. The number of amides is 1. The highest BCUT2D eigenvalue weighted by Crippen LogP contribution is 2.17. The highest BCUT2D eigenvalue weighted by atomic mass is 16.2. The van der Waals surface area contributed by atoms with Crippen LogP contribution < -0.4 is 0 Å². The number of carbonyl (C=O) groups excluding carboxylic acids is 1. The standard InChI is InChI=1S/C14H27NO/c1-12(2)6-4-7-13(3)9-11-15-10-5-8-14(15)16/h12-13H,4-11H2,1-3H3. The van der Waals surface area contributed by atoms with Crippen LogP contribution in [0.2, 0.25) is 0 Å². The number of hydrogen-bond donors (Lipinski definition) is 0. The second kappa shape index (κ2) is 6.93. The van der Waals surface area contributed by atoms with Crippen LogP contribution in [0.4, 0.5) is 0 Å². The van der Waals surface area contributed by atoms with Gasteiger partial charge in [0.15, 0.2) is 0 Å². The van der Waals surface area contributed by atoms with E-state index in [0.717, 1.165) is 37.8 Å². The maximum Gasteiger partial charge on any atom is 0.222 e. The SMILES string of the molecule is CC(C)CCCC(C)CCN1CCCC1=O. The molecule has 1 aliphatic rings. The monoisotopic (exact) mass is 225 g/mol. The first kappa shape index (κ1) is 13.5. The third-order valence-corrected chi connectivity index (χ3v) is 3.54. The second-order valence-electron chi connectivity index (χ2n) is 5.70. The Morgan fingerprint density at radius 2 is 1.94 bits per heavy atom. The molecule has 1 rings (SSSR count). The molecule has 0 bridgehead atoms. The van der Waals surface area contributed by atoms with Gasteiger partial charge in [0.2, 0.25) is 5.91 Å². The van der Waals surface area contributed by atoms with Gasteiger partial charge in [-0.2, -0.15) is 0 Å². The van der Waals surface area contributed by atoms with Crippen LogP contribution in [-0.2, 0) is 4.79 Å². The number of likely N-dealkylation sites (tertiary alicyclic amines) is 1. The zero-order valence-corrected chi connectivity index (χ0v) is 11.2. The lowest BCUT2D eigenvalue weighted by molar-refractivity contribution is -0.127. The predicted octanol–water partition coefficient (Wildman–Crippen LogP) is 3.46. The van der Waals surface area contributed by atoms with Gasteiger partial charge in [-0.1, -0.05) is 40.0 Å². The fourth-order valence-electron chi connectivity index (χ4n) is 2.34. The summed E-state index contributed by atoms with van der Waals surface area (Å²) in [5, 5.41) is 0. The molecule has 0 radical (unpaired) electrons. The van der Waals surface area contributed by atoms with E-state index < -0.39 is 0 Å². The molecule has 0 spiro atoms. The third kappa shape index (κ3) is 5.00. The van der Waals surface area contributed by atoms with Gasteiger partial charge in [0, 0.05) is 19.5 Å². The van der Waals surface area contributed by atoms with Gasteiger partial charge in [0.25, 0.3) is 0 Å². The molecule has 1 amide bonds. The van der Waals surface area contributed by atoms with E-state index in [9.17, 15) is 4.79 Å². The third-order valence-electron chi connectivity index (χ3n) is 3.54. The molecule has 0 aromatic rings. The van der Waals surface area contributed by atoms with Crippen LogP contribution in [0.3, 0.4) is 0 Å². The van der Waals surface area contributed by atoms with E-state index in [2.05, 4.69) is 20.8 Å². The summed E-state index contributed by atoms with van der Waals surface area (Å²) >= 11 is 0. The van der Waals surface area contributed by atoms with Gasteiger partial charge in [-0.05, 0) is 24.7 Å². The normalized spacial score (nSPS) is 18.5. The van der Waals surface area contributed by atoms with Gasteiger partial charge in [-0.15, -0.1) is 0 Å². The maximum atomic E-state index is 11.4. The van der Waals surface area contributed by atoms with Crippen molar-refractivity contribution in [1.29, 1.82) is 0 Å². The molecule has 0 aromatic carbocycles. The summed E-state index contributed by atoms with van der Waals surface area (Å²) in [4.78, 5) is 13.5. The molecular formula is C14H27NO. The molecular weight excluding hydrogens is 198 g/mol. The zero-order chi connectivity index (χ0) is 12.0. The van der Waals surface area contributed by atoms with E-state index in [4.69, 9.17) is 0 Å². The summed E-state index contributed by atoms with van der Waals surface area (Å²) in [6.45, 7) is 8.88. The summed E-state index contributed by atoms with van der Waals surface area (Å²) in [5.74, 6) is 1.97. The number of carbonyl (C=O) groups is 1. The lowest BCUT2D eigenvalue weighted by Gasteiger charge is -2.18. The van der Waals surface area contributed by atoms with Crippen LogP contribution in [0, 0.1) is 11.8 Å². The first-order valence-electron chi connectivity index (χ1n) is 6.87. The van der Waals surface area contributed by atoms with Gasteiger partial charge >= 0.3 is 0 Å². The molecule has 0 saturated carbocycles. The molecule has 1 atom stereocenters. The van der Waals surface area contributed by atoms with E-state index in [0.29, 0.717) is 5.91 Å². The molecule has 0 N–H and O–H groups in total. The summed E-state index contributed by atoms with van der Waals surface area (Å²) in [6, 6.07) is 0. The molecule has 0 aromatic heterocycles. The molecule has 0 aliphatic carbocycles. The van der Waals surface area contributed by atoms with Crippen molar-refractivity contribution in [3.05, 3.63) is 0 Å². The van der Waals surface area contributed by atoms with Crippen LogP contribution in [0.25, 0.3) is 0 Å². The highest BCUT2D eigenvalue weighted by molar-refractivity contribution is 5.77. The van der Waals surface area contributed by atoms with Crippen molar-refractivity contribution in [2.45, 2.75) is 59.3 Å². The first-order valence-corrected chi connectivity index (χ1v) is 6.87. The molecule has 2 heteroatoms. The van der Waals surface area contributed by atoms with Gasteiger partial charge in [0.05, 0.1) is 0 Å². The van der Waals surface area contributed by atoms with E-state index in [1.807, 2.05) is 4.90 Å². The van der Waals surface area contributed by atoms with E-state index in [-0.39, 0.29) is 0 Å². The molecule has 1 aliphatic heterocycles. The second-order valence-corrected chi connectivity index (χ2v) is 5.70. The van der Waals surface area contributed by atoms with Crippen molar-refractivity contribution in [1.82, 2.24) is 4.90 Å². The molecule has 2 nitrogen and oxygen atoms in total.